The van der Waals surface area contributed by atoms with E-state index in [0.29, 0.717) is 5.25 Å². The number of benzene rings is 1. The molecule has 0 saturated heterocycles. The highest BCUT2D eigenvalue weighted by molar-refractivity contribution is 7.99. The van der Waals surface area contributed by atoms with Gasteiger partial charge in [0.05, 0.1) is 0 Å². The van der Waals surface area contributed by atoms with Crippen molar-refractivity contribution in [2.45, 2.75) is 24.3 Å². The molecule has 16 heavy (non-hydrogen) atoms. The molecule has 4 heteroatoms. The first kappa shape index (κ1) is 13.1. The van der Waals surface area contributed by atoms with E-state index >= 15 is 0 Å². The lowest BCUT2D eigenvalue weighted by Crippen LogP contribution is -2.10. The molecule has 1 aromatic carbocycles. The number of thioether (sulfide) groups is 1. The fourth-order valence-corrected chi connectivity index (χ4v) is 2.23. The van der Waals surface area contributed by atoms with Gasteiger partial charge in [-0.15, -0.1) is 0 Å². The number of amidine groups is 1. The largest absolute Gasteiger partial charge is 0.396 e. The maximum atomic E-state index is 8.78. The van der Waals surface area contributed by atoms with E-state index in [-0.39, 0.29) is 12.4 Å². The average molecular weight is 238 g/mol. The van der Waals surface area contributed by atoms with Crippen molar-refractivity contribution in [3.63, 3.8) is 0 Å². The Kier molecular flexibility index (Phi) is 5.35. The van der Waals surface area contributed by atoms with Gasteiger partial charge in [-0.1, -0.05) is 31.2 Å². The van der Waals surface area contributed by atoms with Gasteiger partial charge in [0.25, 0.3) is 0 Å². The van der Waals surface area contributed by atoms with Crippen molar-refractivity contribution in [2.24, 2.45) is 5.73 Å². The van der Waals surface area contributed by atoms with Crippen LogP contribution in [0.3, 0.4) is 0 Å². The maximum Gasteiger partial charge on any atom is 0.122 e. The Morgan fingerprint density at radius 1 is 1.44 bits per heavy atom. The summed E-state index contributed by atoms with van der Waals surface area (Å²) in [7, 11) is 0. The lowest BCUT2D eigenvalue weighted by molar-refractivity contribution is 0.289. The summed E-state index contributed by atoms with van der Waals surface area (Å²) in [6.07, 6.45) is 0.830. The van der Waals surface area contributed by atoms with Crippen LogP contribution in [0.4, 0.5) is 0 Å². The summed E-state index contributed by atoms with van der Waals surface area (Å²) in [6, 6.07) is 7.73. The lowest BCUT2D eigenvalue weighted by Gasteiger charge is -2.09. The molecule has 0 aliphatic heterocycles. The Bertz CT molecular complexity index is 337. The Hall–Kier alpha value is -1.00. The van der Waals surface area contributed by atoms with Crippen LogP contribution < -0.4 is 5.73 Å². The van der Waals surface area contributed by atoms with Gasteiger partial charge in [0, 0.05) is 23.2 Å². The first-order chi connectivity index (χ1) is 7.63. The summed E-state index contributed by atoms with van der Waals surface area (Å²) in [5.41, 5.74) is 7.36. The molecule has 0 radical (unpaired) electrons. The van der Waals surface area contributed by atoms with Crippen molar-refractivity contribution < 1.29 is 5.11 Å². The van der Waals surface area contributed by atoms with Gasteiger partial charge in [-0.3, -0.25) is 5.41 Å². The van der Waals surface area contributed by atoms with Crippen molar-refractivity contribution in [3.8, 4) is 0 Å². The van der Waals surface area contributed by atoms with Crippen LogP contribution in [0.15, 0.2) is 24.3 Å². The molecule has 0 spiro atoms. The van der Waals surface area contributed by atoms with E-state index < -0.39 is 0 Å². The zero-order valence-electron chi connectivity index (χ0n) is 9.44. The monoisotopic (exact) mass is 238 g/mol. The predicted molar refractivity (Wildman–Crippen MR) is 69.9 cm³/mol. The van der Waals surface area contributed by atoms with E-state index in [1.54, 1.807) is 0 Å². The summed E-state index contributed by atoms with van der Waals surface area (Å²) in [4.78, 5) is 0. The number of aliphatic hydroxyl groups excluding tert-OH is 1. The van der Waals surface area contributed by atoms with Crippen molar-refractivity contribution >= 4 is 17.6 Å². The molecule has 4 N–H and O–H groups in total. The Balaban J connectivity index is 2.46. The van der Waals surface area contributed by atoms with E-state index in [9.17, 15) is 0 Å². The molecule has 0 bridgehead atoms. The van der Waals surface area contributed by atoms with Gasteiger partial charge in [0.1, 0.15) is 5.84 Å². The van der Waals surface area contributed by atoms with Gasteiger partial charge in [-0.2, -0.15) is 11.8 Å². The van der Waals surface area contributed by atoms with Gasteiger partial charge >= 0.3 is 0 Å². The SMILES string of the molecule is CC(CCO)SCc1ccc(C(=N)N)cc1. The molecular weight excluding hydrogens is 220 g/mol. The molecule has 1 aromatic rings. The maximum absolute atomic E-state index is 8.78. The van der Waals surface area contributed by atoms with E-state index in [1.807, 2.05) is 36.0 Å². The number of rotatable bonds is 6. The van der Waals surface area contributed by atoms with E-state index in [1.165, 1.54) is 5.56 Å². The fraction of sp³-hybridized carbons (Fsp3) is 0.417. The first-order valence-electron chi connectivity index (χ1n) is 5.29. The lowest BCUT2D eigenvalue weighted by atomic mass is 10.1. The second-order valence-corrected chi connectivity index (χ2v) is 5.17. The highest BCUT2D eigenvalue weighted by atomic mass is 32.2. The number of hydrogen-bond acceptors (Lipinski definition) is 3. The molecule has 1 unspecified atom stereocenters. The second kappa shape index (κ2) is 6.55. The summed E-state index contributed by atoms with van der Waals surface area (Å²) >= 11 is 1.82. The molecule has 0 aliphatic carbocycles. The summed E-state index contributed by atoms with van der Waals surface area (Å²) in [6.45, 7) is 2.36. The van der Waals surface area contributed by atoms with Crippen molar-refractivity contribution in [2.75, 3.05) is 6.61 Å². The zero-order chi connectivity index (χ0) is 12.0. The van der Waals surface area contributed by atoms with Crippen LogP contribution in [0, 0.1) is 5.41 Å². The molecule has 0 saturated carbocycles. The summed E-state index contributed by atoms with van der Waals surface area (Å²) in [5, 5.41) is 16.5. The standard InChI is InChI=1S/C12H18N2OS/c1-9(6-7-15)16-8-10-2-4-11(5-3-10)12(13)14/h2-5,9,15H,6-8H2,1H3,(H3,13,14). The minimum absolute atomic E-state index is 0.104. The van der Waals surface area contributed by atoms with E-state index in [2.05, 4.69) is 6.92 Å². The molecule has 1 rings (SSSR count). The van der Waals surface area contributed by atoms with Crippen molar-refractivity contribution in [1.29, 1.82) is 5.41 Å². The molecule has 0 aliphatic rings. The molecule has 0 heterocycles. The van der Waals surface area contributed by atoms with Crippen LogP contribution >= 0.6 is 11.8 Å². The third kappa shape index (κ3) is 4.24. The predicted octanol–water partition coefficient (Wildman–Crippen LogP) is 1.97. The van der Waals surface area contributed by atoms with Crippen LogP contribution in [-0.4, -0.2) is 22.8 Å². The van der Waals surface area contributed by atoms with Crippen LogP contribution in [0.5, 0.6) is 0 Å². The zero-order valence-corrected chi connectivity index (χ0v) is 10.3. The Labute approximate surface area is 101 Å². The Morgan fingerprint density at radius 2 is 2.06 bits per heavy atom. The fourth-order valence-electron chi connectivity index (χ4n) is 1.28. The minimum Gasteiger partial charge on any atom is -0.396 e. The van der Waals surface area contributed by atoms with Crippen LogP contribution in [0.1, 0.15) is 24.5 Å². The number of nitrogens with two attached hydrogens (primary N) is 1. The molecule has 88 valence electrons. The highest BCUT2D eigenvalue weighted by Crippen LogP contribution is 2.19. The summed E-state index contributed by atoms with van der Waals surface area (Å²) < 4.78 is 0. The molecule has 0 fully saturated rings. The first-order valence-corrected chi connectivity index (χ1v) is 6.34. The highest BCUT2D eigenvalue weighted by Gasteiger charge is 2.02. The van der Waals surface area contributed by atoms with Gasteiger partial charge in [-0.25, -0.2) is 0 Å². The Morgan fingerprint density at radius 3 is 2.56 bits per heavy atom. The van der Waals surface area contributed by atoms with Gasteiger partial charge in [0.15, 0.2) is 0 Å². The second-order valence-electron chi connectivity index (χ2n) is 3.74. The summed E-state index contributed by atoms with van der Waals surface area (Å²) in [5.74, 6) is 1.03. The topological polar surface area (TPSA) is 70.1 Å². The molecule has 3 nitrogen and oxygen atoms in total. The molecule has 0 amide bonds. The average Bonchev–Trinajstić information content (AvgIpc) is 2.27. The smallest absolute Gasteiger partial charge is 0.122 e. The minimum atomic E-state index is 0.104. The number of nitrogen functional groups attached to an aromatic ring is 1. The third-order valence-electron chi connectivity index (χ3n) is 2.34. The molecular formula is C12H18N2OS. The van der Waals surface area contributed by atoms with E-state index in [4.69, 9.17) is 16.2 Å². The van der Waals surface area contributed by atoms with Gasteiger partial charge in [0.2, 0.25) is 0 Å². The quantitative estimate of drug-likeness (QED) is 0.524. The van der Waals surface area contributed by atoms with Crippen LogP contribution in [-0.2, 0) is 5.75 Å². The van der Waals surface area contributed by atoms with Crippen molar-refractivity contribution in [3.05, 3.63) is 35.4 Å². The van der Waals surface area contributed by atoms with E-state index in [0.717, 1.165) is 17.7 Å². The normalized spacial score (nSPS) is 12.4. The van der Waals surface area contributed by atoms with Crippen LogP contribution in [0.2, 0.25) is 0 Å². The number of hydrogen-bond donors (Lipinski definition) is 3. The third-order valence-corrected chi connectivity index (χ3v) is 3.64. The number of aliphatic hydroxyl groups is 1. The van der Waals surface area contributed by atoms with Gasteiger partial charge < -0.3 is 10.8 Å². The molecule has 1 atom stereocenters. The van der Waals surface area contributed by atoms with Crippen LogP contribution in [0.25, 0.3) is 0 Å². The van der Waals surface area contributed by atoms with Crippen molar-refractivity contribution in [1.82, 2.24) is 0 Å². The number of nitrogens with one attached hydrogen (secondary N) is 1. The molecule has 0 aromatic heterocycles. The van der Waals surface area contributed by atoms with Gasteiger partial charge in [-0.05, 0) is 12.0 Å².